The standard InChI is InChI=1S/C15H13BrN2O3/c1-8-2-3-9(6-13(8)17)14(19)18-10-4-5-12(16)11(7-10)15(20)21/h2-7H,17H2,1H3,(H,18,19)(H,20,21). The Labute approximate surface area is 129 Å². The highest BCUT2D eigenvalue weighted by atomic mass is 79.9. The molecule has 0 aliphatic carbocycles. The summed E-state index contributed by atoms with van der Waals surface area (Å²) in [7, 11) is 0. The van der Waals surface area contributed by atoms with Crippen LogP contribution in [0, 0.1) is 6.92 Å². The van der Waals surface area contributed by atoms with Crippen molar-refractivity contribution in [2.75, 3.05) is 11.1 Å². The SMILES string of the molecule is Cc1ccc(C(=O)Nc2ccc(Br)c(C(=O)O)c2)cc1N. The molecule has 0 aliphatic rings. The number of hydrogen-bond donors (Lipinski definition) is 3. The van der Waals surface area contributed by atoms with Gasteiger partial charge >= 0.3 is 5.97 Å². The van der Waals surface area contributed by atoms with Crippen molar-refractivity contribution < 1.29 is 14.7 Å². The number of aromatic carboxylic acids is 1. The van der Waals surface area contributed by atoms with Gasteiger partial charge in [-0.2, -0.15) is 0 Å². The second kappa shape index (κ2) is 5.97. The summed E-state index contributed by atoms with van der Waals surface area (Å²) in [5, 5.41) is 11.7. The molecule has 108 valence electrons. The molecule has 2 aromatic rings. The monoisotopic (exact) mass is 348 g/mol. The van der Waals surface area contributed by atoms with Gasteiger partial charge < -0.3 is 16.2 Å². The van der Waals surface area contributed by atoms with E-state index in [2.05, 4.69) is 21.2 Å². The van der Waals surface area contributed by atoms with E-state index in [1.54, 1.807) is 30.3 Å². The first kappa shape index (κ1) is 15.1. The van der Waals surface area contributed by atoms with Crippen LogP contribution in [0.25, 0.3) is 0 Å². The zero-order chi connectivity index (χ0) is 15.6. The Balaban J connectivity index is 2.25. The van der Waals surface area contributed by atoms with Gasteiger partial charge in [-0.25, -0.2) is 4.79 Å². The summed E-state index contributed by atoms with van der Waals surface area (Å²) in [6.45, 7) is 1.85. The molecule has 0 aromatic heterocycles. The Kier molecular flexibility index (Phi) is 4.28. The van der Waals surface area contributed by atoms with Crippen LogP contribution in [0.3, 0.4) is 0 Å². The lowest BCUT2D eigenvalue weighted by Gasteiger charge is -2.08. The van der Waals surface area contributed by atoms with Crippen LogP contribution in [0.2, 0.25) is 0 Å². The van der Waals surface area contributed by atoms with E-state index < -0.39 is 5.97 Å². The minimum atomic E-state index is -1.07. The molecule has 1 amide bonds. The van der Waals surface area contributed by atoms with E-state index in [9.17, 15) is 9.59 Å². The highest BCUT2D eigenvalue weighted by Crippen LogP contribution is 2.22. The van der Waals surface area contributed by atoms with Gasteiger partial charge in [0.05, 0.1) is 5.56 Å². The van der Waals surface area contributed by atoms with Gasteiger partial charge in [0.1, 0.15) is 0 Å². The van der Waals surface area contributed by atoms with Gasteiger partial charge in [-0.15, -0.1) is 0 Å². The van der Waals surface area contributed by atoms with E-state index in [1.807, 2.05) is 6.92 Å². The van der Waals surface area contributed by atoms with Crippen molar-refractivity contribution in [3.8, 4) is 0 Å². The molecule has 0 saturated heterocycles. The van der Waals surface area contributed by atoms with Crippen molar-refractivity contribution in [3.63, 3.8) is 0 Å². The Bertz CT molecular complexity index is 729. The van der Waals surface area contributed by atoms with E-state index in [4.69, 9.17) is 10.8 Å². The molecule has 0 spiro atoms. The van der Waals surface area contributed by atoms with Gasteiger partial charge in [-0.3, -0.25) is 4.79 Å². The Hall–Kier alpha value is -2.34. The maximum absolute atomic E-state index is 12.1. The fraction of sp³-hybridized carbons (Fsp3) is 0.0667. The largest absolute Gasteiger partial charge is 0.478 e. The number of nitrogen functional groups attached to an aromatic ring is 1. The maximum atomic E-state index is 12.1. The highest BCUT2D eigenvalue weighted by Gasteiger charge is 2.12. The van der Waals surface area contributed by atoms with E-state index in [0.717, 1.165) is 5.56 Å². The third-order valence-electron chi connectivity index (χ3n) is 3.00. The zero-order valence-electron chi connectivity index (χ0n) is 11.2. The van der Waals surface area contributed by atoms with Crippen molar-refractivity contribution >= 4 is 39.2 Å². The van der Waals surface area contributed by atoms with Crippen LogP contribution in [0.4, 0.5) is 11.4 Å². The van der Waals surface area contributed by atoms with Crippen molar-refractivity contribution in [2.24, 2.45) is 0 Å². The minimum absolute atomic E-state index is 0.0798. The average molecular weight is 349 g/mol. The highest BCUT2D eigenvalue weighted by molar-refractivity contribution is 9.10. The second-order valence-electron chi connectivity index (χ2n) is 4.53. The van der Waals surface area contributed by atoms with E-state index in [1.165, 1.54) is 6.07 Å². The summed E-state index contributed by atoms with van der Waals surface area (Å²) >= 11 is 3.15. The van der Waals surface area contributed by atoms with Crippen molar-refractivity contribution in [1.82, 2.24) is 0 Å². The average Bonchev–Trinajstić information content (AvgIpc) is 2.43. The molecule has 0 bridgehead atoms. The quantitative estimate of drug-likeness (QED) is 0.742. The van der Waals surface area contributed by atoms with Gasteiger partial charge in [-0.1, -0.05) is 6.07 Å². The number of rotatable bonds is 3. The number of nitrogens with two attached hydrogens (primary N) is 1. The molecule has 0 fully saturated rings. The van der Waals surface area contributed by atoms with E-state index in [-0.39, 0.29) is 11.5 Å². The second-order valence-corrected chi connectivity index (χ2v) is 5.38. The van der Waals surface area contributed by atoms with Gasteiger partial charge in [0, 0.05) is 21.4 Å². The topological polar surface area (TPSA) is 92.4 Å². The van der Waals surface area contributed by atoms with Crippen molar-refractivity contribution in [1.29, 1.82) is 0 Å². The number of carboxylic acids is 1. The molecule has 5 nitrogen and oxygen atoms in total. The first-order valence-electron chi connectivity index (χ1n) is 6.09. The molecule has 21 heavy (non-hydrogen) atoms. The predicted molar refractivity (Wildman–Crippen MR) is 84.6 cm³/mol. The molecule has 6 heteroatoms. The Morgan fingerprint density at radius 2 is 1.90 bits per heavy atom. The van der Waals surface area contributed by atoms with Gasteiger partial charge in [0.15, 0.2) is 0 Å². The van der Waals surface area contributed by atoms with Crippen LogP contribution in [0.1, 0.15) is 26.3 Å². The number of carbonyl (C=O) groups excluding carboxylic acids is 1. The van der Waals surface area contributed by atoms with E-state index >= 15 is 0 Å². The van der Waals surface area contributed by atoms with Crippen LogP contribution in [-0.4, -0.2) is 17.0 Å². The third kappa shape index (κ3) is 3.41. The number of carbonyl (C=O) groups is 2. The van der Waals surface area contributed by atoms with Crippen molar-refractivity contribution in [2.45, 2.75) is 6.92 Å². The number of hydrogen-bond acceptors (Lipinski definition) is 3. The number of nitrogens with one attached hydrogen (secondary N) is 1. The molecule has 0 atom stereocenters. The van der Waals surface area contributed by atoms with Crippen LogP contribution < -0.4 is 11.1 Å². The number of halogens is 1. The van der Waals surface area contributed by atoms with Gasteiger partial charge in [0.2, 0.25) is 0 Å². The van der Waals surface area contributed by atoms with Crippen LogP contribution >= 0.6 is 15.9 Å². The summed E-state index contributed by atoms with van der Waals surface area (Å²) in [6.07, 6.45) is 0. The summed E-state index contributed by atoms with van der Waals surface area (Å²) in [5.74, 6) is -1.42. The molecule has 0 heterocycles. The van der Waals surface area contributed by atoms with Crippen LogP contribution in [0.5, 0.6) is 0 Å². The lowest BCUT2D eigenvalue weighted by molar-refractivity contribution is 0.0695. The van der Waals surface area contributed by atoms with E-state index in [0.29, 0.717) is 21.4 Å². The van der Waals surface area contributed by atoms with Crippen LogP contribution in [0.15, 0.2) is 40.9 Å². The third-order valence-corrected chi connectivity index (χ3v) is 3.69. The summed E-state index contributed by atoms with van der Waals surface area (Å²) in [5.41, 5.74) is 8.09. The number of anilines is 2. The van der Waals surface area contributed by atoms with Crippen molar-refractivity contribution in [3.05, 3.63) is 57.6 Å². The minimum Gasteiger partial charge on any atom is -0.478 e. The van der Waals surface area contributed by atoms with Crippen LogP contribution in [-0.2, 0) is 0 Å². The Morgan fingerprint density at radius 3 is 2.52 bits per heavy atom. The fourth-order valence-corrected chi connectivity index (χ4v) is 2.17. The maximum Gasteiger partial charge on any atom is 0.336 e. The number of benzene rings is 2. The smallest absolute Gasteiger partial charge is 0.336 e. The predicted octanol–water partition coefficient (Wildman–Crippen LogP) is 3.29. The molecule has 0 aliphatic heterocycles. The first-order chi connectivity index (χ1) is 9.88. The van der Waals surface area contributed by atoms with Gasteiger partial charge in [0.25, 0.3) is 5.91 Å². The molecular weight excluding hydrogens is 336 g/mol. The molecule has 0 radical (unpaired) electrons. The Morgan fingerprint density at radius 1 is 1.19 bits per heavy atom. The number of amides is 1. The normalized spacial score (nSPS) is 10.2. The molecule has 0 saturated carbocycles. The lowest BCUT2D eigenvalue weighted by Crippen LogP contribution is -2.13. The molecule has 2 rings (SSSR count). The zero-order valence-corrected chi connectivity index (χ0v) is 12.8. The fourth-order valence-electron chi connectivity index (χ4n) is 1.75. The number of aryl methyl sites for hydroxylation is 1. The summed E-state index contributed by atoms with van der Waals surface area (Å²) < 4.78 is 0.451. The lowest BCUT2D eigenvalue weighted by atomic mass is 10.1. The molecular formula is C15H13BrN2O3. The summed E-state index contributed by atoms with van der Waals surface area (Å²) in [4.78, 5) is 23.2. The molecule has 4 N–H and O–H groups in total. The first-order valence-corrected chi connectivity index (χ1v) is 6.88. The molecule has 2 aromatic carbocycles. The van der Waals surface area contributed by atoms with Gasteiger partial charge in [-0.05, 0) is 58.7 Å². The number of carboxylic acid groups (broad SMARTS) is 1. The molecule has 0 unspecified atom stereocenters. The summed E-state index contributed by atoms with van der Waals surface area (Å²) in [6, 6.07) is 9.59.